The van der Waals surface area contributed by atoms with Crippen molar-refractivity contribution >= 4 is 5.57 Å². The first-order chi connectivity index (χ1) is 11.7. The number of hydrogen-bond donors (Lipinski definition) is 0. The van der Waals surface area contributed by atoms with Gasteiger partial charge in [0.2, 0.25) is 0 Å². The minimum atomic E-state index is 0.757. The minimum Gasteiger partial charge on any atom is -0.497 e. The third-order valence-electron chi connectivity index (χ3n) is 3.91. The van der Waals surface area contributed by atoms with Crippen molar-refractivity contribution in [2.24, 2.45) is 0 Å². The van der Waals surface area contributed by atoms with Gasteiger partial charge in [0.1, 0.15) is 11.5 Å². The molecule has 4 heteroatoms. The summed E-state index contributed by atoms with van der Waals surface area (Å²) in [6, 6.07) is 15.9. The van der Waals surface area contributed by atoms with E-state index in [4.69, 9.17) is 9.47 Å². The summed E-state index contributed by atoms with van der Waals surface area (Å²) < 4.78 is 12.4. The molecule has 0 bridgehead atoms. The second-order valence-corrected chi connectivity index (χ2v) is 5.49. The fraction of sp³-hybridized carbons (Fsp3) is 0.150. The van der Waals surface area contributed by atoms with Crippen LogP contribution in [0, 0.1) is 0 Å². The molecule has 24 heavy (non-hydrogen) atoms. The number of nitrogens with zero attached hydrogens (tertiary/aromatic N) is 2. The van der Waals surface area contributed by atoms with Gasteiger partial charge in [-0.2, -0.15) is 0 Å². The highest BCUT2D eigenvalue weighted by Crippen LogP contribution is 2.22. The summed E-state index contributed by atoms with van der Waals surface area (Å²) in [7, 11) is 3.33. The van der Waals surface area contributed by atoms with Crippen LogP contribution in [0.5, 0.6) is 11.5 Å². The lowest BCUT2D eigenvalue weighted by atomic mass is 10.1. The van der Waals surface area contributed by atoms with E-state index in [1.807, 2.05) is 53.5 Å². The number of aromatic nitrogens is 2. The molecule has 4 nitrogen and oxygen atoms in total. The van der Waals surface area contributed by atoms with Crippen LogP contribution in [0.25, 0.3) is 5.57 Å². The van der Waals surface area contributed by atoms with Gasteiger partial charge < -0.3 is 14.0 Å². The van der Waals surface area contributed by atoms with Gasteiger partial charge in [0.15, 0.2) is 0 Å². The average molecular weight is 320 g/mol. The van der Waals surface area contributed by atoms with Crippen molar-refractivity contribution in [2.45, 2.75) is 6.54 Å². The smallest absolute Gasteiger partial charge is 0.118 e. The van der Waals surface area contributed by atoms with Crippen LogP contribution in [0.4, 0.5) is 0 Å². The van der Waals surface area contributed by atoms with Crippen LogP contribution in [0.3, 0.4) is 0 Å². The molecule has 0 unspecified atom stereocenters. The van der Waals surface area contributed by atoms with E-state index >= 15 is 0 Å². The van der Waals surface area contributed by atoms with Crippen LogP contribution < -0.4 is 9.47 Å². The fourth-order valence-corrected chi connectivity index (χ4v) is 2.48. The Hall–Kier alpha value is -3.01. The Balaban J connectivity index is 1.72. The van der Waals surface area contributed by atoms with Gasteiger partial charge >= 0.3 is 0 Å². The third kappa shape index (κ3) is 3.49. The standard InChI is InChI=1S/C20H20N2O2/c1-15(17-6-10-19(24-3)11-7-17)20-13-22(14-21-20)12-16-4-8-18(23-2)9-5-16/h4-11,13-14H,1,12H2,2-3H3. The van der Waals surface area contributed by atoms with Gasteiger partial charge in [-0.3, -0.25) is 0 Å². The van der Waals surface area contributed by atoms with Crippen LogP contribution in [-0.2, 0) is 6.54 Å². The summed E-state index contributed by atoms with van der Waals surface area (Å²) in [5.74, 6) is 1.69. The molecule has 2 aromatic carbocycles. The van der Waals surface area contributed by atoms with E-state index in [1.165, 1.54) is 5.56 Å². The van der Waals surface area contributed by atoms with Crippen molar-refractivity contribution in [3.63, 3.8) is 0 Å². The molecule has 0 aliphatic rings. The number of hydrogen-bond acceptors (Lipinski definition) is 3. The Morgan fingerprint density at radius 1 is 0.958 bits per heavy atom. The molecule has 0 N–H and O–H groups in total. The van der Waals surface area contributed by atoms with Gasteiger partial charge in [0.25, 0.3) is 0 Å². The summed E-state index contributed by atoms with van der Waals surface area (Å²) in [6.07, 6.45) is 3.84. The number of rotatable bonds is 6. The Morgan fingerprint density at radius 2 is 1.54 bits per heavy atom. The van der Waals surface area contributed by atoms with Crippen molar-refractivity contribution in [3.05, 3.63) is 84.5 Å². The second-order valence-electron chi connectivity index (χ2n) is 5.49. The molecule has 0 atom stereocenters. The highest BCUT2D eigenvalue weighted by atomic mass is 16.5. The molecule has 0 saturated carbocycles. The van der Waals surface area contributed by atoms with Crippen molar-refractivity contribution in [2.75, 3.05) is 14.2 Å². The predicted molar refractivity (Wildman–Crippen MR) is 95.5 cm³/mol. The first-order valence-corrected chi connectivity index (χ1v) is 7.68. The Labute approximate surface area is 142 Å². The number of benzene rings is 2. The topological polar surface area (TPSA) is 36.3 Å². The van der Waals surface area contributed by atoms with Gasteiger partial charge in [-0.05, 0) is 35.4 Å². The van der Waals surface area contributed by atoms with Gasteiger partial charge in [-0.1, -0.05) is 30.8 Å². The summed E-state index contributed by atoms with van der Waals surface area (Å²) in [5.41, 5.74) is 3.99. The quantitative estimate of drug-likeness (QED) is 0.688. The molecule has 0 aliphatic carbocycles. The SMILES string of the molecule is C=C(c1ccc(OC)cc1)c1cn(Cc2ccc(OC)cc2)cn1. The molecule has 0 aliphatic heterocycles. The minimum absolute atomic E-state index is 0.757. The molecular formula is C20H20N2O2. The average Bonchev–Trinajstić information content (AvgIpc) is 3.10. The molecule has 0 amide bonds. The third-order valence-corrected chi connectivity index (χ3v) is 3.91. The van der Waals surface area contributed by atoms with Gasteiger partial charge in [-0.15, -0.1) is 0 Å². The van der Waals surface area contributed by atoms with Crippen LogP contribution >= 0.6 is 0 Å². The van der Waals surface area contributed by atoms with Crippen molar-refractivity contribution in [3.8, 4) is 11.5 Å². The Morgan fingerprint density at radius 3 is 2.12 bits per heavy atom. The van der Waals surface area contributed by atoms with Crippen molar-refractivity contribution < 1.29 is 9.47 Å². The molecule has 1 aromatic heterocycles. The van der Waals surface area contributed by atoms with Gasteiger partial charge in [-0.25, -0.2) is 4.98 Å². The molecule has 0 fully saturated rings. The molecule has 122 valence electrons. The van der Waals surface area contributed by atoms with Crippen LogP contribution in [0.2, 0.25) is 0 Å². The number of imidazole rings is 1. The maximum absolute atomic E-state index is 5.18. The molecule has 0 spiro atoms. The lowest BCUT2D eigenvalue weighted by Gasteiger charge is -2.05. The van der Waals surface area contributed by atoms with Crippen molar-refractivity contribution in [1.29, 1.82) is 0 Å². The van der Waals surface area contributed by atoms with Gasteiger partial charge in [0.05, 0.1) is 26.2 Å². The highest BCUT2D eigenvalue weighted by molar-refractivity contribution is 5.75. The largest absolute Gasteiger partial charge is 0.497 e. The first-order valence-electron chi connectivity index (χ1n) is 7.68. The molecular weight excluding hydrogens is 300 g/mol. The monoisotopic (exact) mass is 320 g/mol. The fourth-order valence-electron chi connectivity index (χ4n) is 2.48. The van der Waals surface area contributed by atoms with Crippen LogP contribution in [0.15, 0.2) is 67.6 Å². The van der Waals surface area contributed by atoms with E-state index in [2.05, 4.69) is 23.7 Å². The lowest BCUT2D eigenvalue weighted by molar-refractivity contribution is 0.414. The summed E-state index contributed by atoms with van der Waals surface area (Å²) in [4.78, 5) is 4.47. The van der Waals surface area contributed by atoms with E-state index in [9.17, 15) is 0 Å². The molecule has 3 rings (SSSR count). The summed E-state index contributed by atoms with van der Waals surface area (Å²) >= 11 is 0. The highest BCUT2D eigenvalue weighted by Gasteiger charge is 2.07. The Kier molecular flexibility index (Phi) is 4.66. The van der Waals surface area contributed by atoms with Crippen molar-refractivity contribution in [1.82, 2.24) is 9.55 Å². The maximum Gasteiger partial charge on any atom is 0.118 e. The van der Waals surface area contributed by atoms with E-state index in [0.29, 0.717) is 0 Å². The molecule has 0 radical (unpaired) electrons. The van der Waals surface area contributed by atoms with E-state index in [1.54, 1.807) is 14.2 Å². The number of methoxy groups -OCH3 is 2. The zero-order chi connectivity index (χ0) is 16.9. The summed E-state index contributed by atoms with van der Waals surface area (Å²) in [5, 5.41) is 0. The van der Waals surface area contributed by atoms with Crippen LogP contribution in [-0.4, -0.2) is 23.8 Å². The Bertz CT molecular complexity index is 818. The zero-order valence-corrected chi connectivity index (χ0v) is 13.9. The first kappa shape index (κ1) is 15.9. The van der Waals surface area contributed by atoms with E-state index < -0.39 is 0 Å². The van der Waals surface area contributed by atoms with Crippen LogP contribution in [0.1, 0.15) is 16.8 Å². The summed E-state index contributed by atoms with van der Waals surface area (Å²) in [6.45, 7) is 4.92. The van der Waals surface area contributed by atoms with E-state index in [0.717, 1.165) is 34.9 Å². The maximum atomic E-state index is 5.18. The predicted octanol–water partition coefficient (Wildman–Crippen LogP) is 4.01. The molecule has 1 heterocycles. The lowest BCUT2D eigenvalue weighted by Crippen LogP contribution is -1.96. The molecule has 0 saturated heterocycles. The van der Waals surface area contributed by atoms with Gasteiger partial charge in [0, 0.05) is 18.3 Å². The second kappa shape index (κ2) is 7.04. The molecule has 3 aromatic rings. The normalized spacial score (nSPS) is 10.4. The van der Waals surface area contributed by atoms with E-state index in [-0.39, 0.29) is 0 Å². The zero-order valence-electron chi connectivity index (χ0n) is 13.9. The number of ether oxygens (including phenoxy) is 2.